The highest BCUT2D eigenvalue weighted by molar-refractivity contribution is 7.80. The fourth-order valence-corrected chi connectivity index (χ4v) is 2.16. The summed E-state index contributed by atoms with van der Waals surface area (Å²) in [5, 5.41) is 0. The smallest absolute Gasteiger partial charge is 0.410 e. The molecule has 4 heteroatoms. The van der Waals surface area contributed by atoms with E-state index in [1.807, 2.05) is 39.0 Å². The lowest BCUT2D eigenvalue weighted by Crippen LogP contribution is -2.33. The third-order valence-corrected chi connectivity index (χ3v) is 3.03. The maximum Gasteiger partial charge on any atom is 0.410 e. The molecule has 17 heavy (non-hydrogen) atoms. The molecule has 0 aliphatic carbocycles. The van der Waals surface area contributed by atoms with E-state index in [1.165, 1.54) is 0 Å². The van der Waals surface area contributed by atoms with Crippen LogP contribution in [0.3, 0.4) is 0 Å². The van der Waals surface area contributed by atoms with Crippen molar-refractivity contribution in [2.45, 2.75) is 44.4 Å². The molecule has 3 nitrogen and oxygen atoms in total. The van der Waals surface area contributed by atoms with Gasteiger partial charge in [-0.15, -0.1) is 12.6 Å². The largest absolute Gasteiger partial charge is 0.444 e. The number of nitrogens with zero attached hydrogens (tertiary/aromatic N) is 1. The minimum atomic E-state index is -0.449. The van der Waals surface area contributed by atoms with Gasteiger partial charge in [0.1, 0.15) is 5.60 Å². The van der Waals surface area contributed by atoms with Crippen molar-refractivity contribution in [3.63, 3.8) is 0 Å². The Morgan fingerprint density at radius 3 is 2.65 bits per heavy atom. The second-order valence-electron chi connectivity index (χ2n) is 5.25. The molecule has 0 bridgehead atoms. The molecular formula is C13H17NO2S. The molecule has 0 N–H and O–H groups in total. The van der Waals surface area contributed by atoms with Gasteiger partial charge < -0.3 is 4.74 Å². The van der Waals surface area contributed by atoms with Crippen molar-refractivity contribution in [1.82, 2.24) is 4.90 Å². The number of carbonyl (C=O) groups is 1. The van der Waals surface area contributed by atoms with Crippen LogP contribution in [-0.2, 0) is 17.8 Å². The van der Waals surface area contributed by atoms with E-state index in [-0.39, 0.29) is 6.09 Å². The van der Waals surface area contributed by atoms with Crippen molar-refractivity contribution in [3.05, 3.63) is 29.3 Å². The van der Waals surface area contributed by atoms with Crippen LogP contribution in [0.15, 0.2) is 23.1 Å². The minimum absolute atomic E-state index is 0.263. The summed E-state index contributed by atoms with van der Waals surface area (Å²) in [7, 11) is 0. The standard InChI is InChI=1S/C13H17NO2S/c1-13(2,3)16-12(15)14-7-9-5-4-6-11(17)10(9)8-14/h4-6,17H,7-8H2,1-3H3. The number of thiol groups is 1. The lowest BCUT2D eigenvalue weighted by molar-refractivity contribution is 0.0241. The van der Waals surface area contributed by atoms with E-state index in [2.05, 4.69) is 12.6 Å². The van der Waals surface area contributed by atoms with Crippen molar-refractivity contribution in [1.29, 1.82) is 0 Å². The second-order valence-corrected chi connectivity index (χ2v) is 5.73. The number of hydrogen-bond acceptors (Lipinski definition) is 3. The van der Waals surface area contributed by atoms with Gasteiger partial charge in [-0.2, -0.15) is 0 Å². The summed E-state index contributed by atoms with van der Waals surface area (Å²) in [6.07, 6.45) is -0.263. The summed E-state index contributed by atoms with van der Waals surface area (Å²) < 4.78 is 5.35. The van der Waals surface area contributed by atoms with Crippen molar-refractivity contribution in [2.24, 2.45) is 0 Å². The van der Waals surface area contributed by atoms with Crippen LogP contribution < -0.4 is 0 Å². The minimum Gasteiger partial charge on any atom is -0.444 e. The summed E-state index contributed by atoms with van der Waals surface area (Å²) in [6.45, 7) is 6.82. The monoisotopic (exact) mass is 251 g/mol. The van der Waals surface area contributed by atoms with Gasteiger partial charge in [0.25, 0.3) is 0 Å². The predicted octanol–water partition coefficient (Wildman–Crippen LogP) is 3.23. The average molecular weight is 251 g/mol. The lowest BCUT2D eigenvalue weighted by Gasteiger charge is -2.24. The predicted molar refractivity (Wildman–Crippen MR) is 69.2 cm³/mol. The molecular weight excluding hydrogens is 234 g/mol. The zero-order valence-electron chi connectivity index (χ0n) is 10.4. The van der Waals surface area contributed by atoms with E-state index in [9.17, 15) is 4.79 Å². The molecule has 0 saturated heterocycles. The van der Waals surface area contributed by atoms with Crippen molar-refractivity contribution in [3.8, 4) is 0 Å². The van der Waals surface area contributed by atoms with Crippen LogP contribution in [-0.4, -0.2) is 16.6 Å². The summed E-state index contributed by atoms with van der Waals surface area (Å²) in [5.41, 5.74) is 1.83. The number of hydrogen-bond donors (Lipinski definition) is 1. The van der Waals surface area contributed by atoms with E-state index < -0.39 is 5.60 Å². The highest BCUT2D eigenvalue weighted by atomic mass is 32.1. The zero-order chi connectivity index (χ0) is 12.6. The maximum absolute atomic E-state index is 11.9. The summed E-state index contributed by atoms with van der Waals surface area (Å²) >= 11 is 4.40. The van der Waals surface area contributed by atoms with Gasteiger partial charge in [0.2, 0.25) is 0 Å². The zero-order valence-corrected chi connectivity index (χ0v) is 11.3. The van der Waals surface area contributed by atoms with Crippen LogP contribution in [0, 0.1) is 0 Å². The van der Waals surface area contributed by atoms with Crippen LogP contribution >= 0.6 is 12.6 Å². The van der Waals surface area contributed by atoms with Crippen LogP contribution in [0.2, 0.25) is 0 Å². The normalized spacial score (nSPS) is 14.7. The Bertz CT molecular complexity index is 451. The van der Waals surface area contributed by atoms with Gasteiger partial charge in [0.15, 0.2) is 0 Å². The highest BCUT2D eigenvalue weighted by Gasteiger charge is 2.28. The van der Waals surface area contributed by atoms with Crippen molar-refractivity contribution >= 4 is 18.7 Å². The number of rotatable bonds is 0. The van der Waals surface area contributed by atoms with E-state index >= 15 is 0 Å². The van der Waals surface area contributed by atoms with Gasteiger partial charge in [-0.05, 0) is 38.0 Å². The Morgan fingerprint density at radius 2 is 2.06 bits per heavy atom. The first kappa shape index (κ1) is 12.3. The molecule has 1 aliphatic rings. The molecule has 1 aromatic rings. The topological polar surface area (TPSA) is 29.5 Å². The first-order chi connectivity index (χ1) is 7.87. The Balaban J connectivity index is 2.10. The van der Waals surface area contributed by atoms with Gasteiger partial charge in [-0.3, -0.25) is 4.90 Å². The quantitative estimate of drug-likeness (QED) is 0.717. The molecule has 0 unspecified atom stereocenters. The lowest BCUT2D eigenvalue weighted by atomic mass is 10.1. The second kappa shape index (κ2) is 4.26. The molecule has 1 aromatic carbocycles. The third kappa shape index (κ3) is 2.75. The SMILES string of the molecule is CC(C)(C)OC(=O)N1Cc2cccc(S)c2C1. The van der Waals surface area contributed by atoms with Crippen LogP contribution in [0.1, 0.15) is 31.9 Å². The average Bonchev–Trinajstić information content (AvgIpc) is 2.60. The Hall–Kier alpha value is -1.16. The number of carbonyl (C=O) groups excluding carboxylic acids is 1. The molecule has 0 atom stereocenters. The summed E-state index contributed by atoms with van der Waals surface area (Å²) in [4.78, 5) is 14.6. The highest BCUT2D eigenvalue weighted by Crippen LogP contribution is 2.28. The third-order valence-electron chi connectivity index (χ3n) is 2.61. The maximum atomic E-state index is 11.9. The van der Waals surface area contributed by atoms with Crippen molar-refractivity contribution in [2.75, 3.05) is 0 Å². The summed E-state index contributed by atoms with van der Waals surface area (Å²) in [6, 6.07) is 5.93. The fourth-order valence-electron chi connectivity index (χ4n) is 1.86. The number of ether oxygens (including phenoxy) is 1. The molecule has 0 fully saturated rings. The van der Waals surface area contributed by atoms with Gasteiger partial charge in [0, 0.05) is 11.4 Å². The molecule has 1 amide bonds. The van der Waals surface area contributed by atoms with Gasteiger partial charge >= 0.3 is 6.09 Å². The van der Waals surface area contributed by atoms with Gasteiger partial charge in [0.05, 0.1) is 6.54 Å². The van der Waals surface area contributed by atoms with E-state index in [1.54, 1.807) is 4.90 Å². The van der Waals surface area contributed by atoms with E-state index in [0.29, 0.717) is 13.1 Å². The van der Waals surface area contributed by atoms with Crippen molar-refractivity contribution < 1.29 is 9.53 Å². The number of fused-ring (bicyclic) bond motifs is 1. The first-order valence-corrected chi connectivity index (χ1v) is 6.09. The first-order valence-electron chi connectivity index (χ1n) is 5.64. The molecule has 0 saturated carbocycles. The molecule has 0 radical (unpaired) electrons. The summed E-state index contributed by atoms with van der Waals surface area (Å²) in [5.74, 6) is 0. The molecule has 0 aromatic heterocycles. The molecule has 0 spiro atoms. The Labute approximate surface area is 107 Å². The number of amides is 1. The molecule has 2 rings (SSSR count). The van der Waals surface area contributed by atoms with E-state index in [0.717, 1.165) is 16.0 Å². The molecule has 1 aliphatic heterocycles. The molecule has 92 valence electrons. The fraction of sp³-hybridized carbons (Fsp3) is 0.462. The van der Waals surface area contributed by atoms with Crippen LogP contribution in [0.5, 0.6) is 0 Å². The van der Waals surface area contributed by atoms with Gasteiger partial charge in [-0.1, -0.05) is 12.1 Å². The van der Waals surface area contributed by atoms with Crippen LogP contribution in [0.4, 0.5) is 4.79 Å². The molecule has 1 heterocycles. The Kier molecular flexibility index (Phi) is 3.08. The number of benzene rings is 1. The van der Waals surface area contributed by atoms with Gasteiger partial charge in [-0.25, -0.2) is 4.79 Å². The van der Waals surface area contributed by atoms with Crippen LogP contribution in [0.25, 0.3) is 0 Å². The Morgan fingerprint density at radius 1 is 1.35 bits per heavy atom. The van der Waals surface area contributed by atoms with E-state index in [4.69, 9.17) is 4.74 Å².